The highest BCUT2D eigenvalue weighted by Gasteiger charge is 2.30. The Balaban J connectivity index is 3.41. The predicted molar refractivity (Wildman–Crippen MR) is 75.1 cm³/mol. The fourth-order valence-electron chi connectivity index (χ4n) is 1.77. The monoisotopic (exact) mass is 308 g/mol. The van der Waals surface area contributed by atoms with E-state index in [0.717, 1.165) is 6.07 Å². The first-order valence-electron chi connectivity index (χ1n) is 5.98. The average Bonchev–Trinajstić information content (AvgIpc) is 2.29. The molecule has 0 aromatic heterocycles. The molecule has 4 nitrogen and oxygen atoms in total. The van der Waals surface area contributed by atoms with E-state index < -0.39 is 20.7 Å². The Morgan fingerprint density at radius 2 is 2.00 bits per heavy atom. The highest BCUT2D eigenvalue weighted by Crippen LogP contribution is 2.28. The summed E-state index contributed by atoms with van der Waals surface area (Å²) in [5.74, 6) is -0.961. The highest BCUT2D eigenvalue weighted by molar-refractivity contribution is 7.89. The number of nitrogens with two attached hydrogens (primary N) is 1. The van der Waals surface area contributed by atoms with Gasteiger partial charge in [0.2, 0.25) is 10.0 Å². The van der Waals surface area contributed by atoms with E-state index >= 15 is 0 Å². The summed E-state index contributed by atoms with van der Waals surface area (Å²) in [5, 5.41) is -0.293. The van der Waals surface area contributed by atoms with E-state index in [9.17, 15) is 12.8 Å². The molecule has 0 bridgehead atoms. The quantitative estimate of drug-likeness (QED) is 0.851. The number of nitrogen functional groups attached to an aromatic ring is 1. The topological polar surface area (TPSA) is 63.4 Å². The minimum Gasteiger partial charge on any atom is -0.399 e. The van der Waals surface area contributed by atoms with E-state index in [1.807, 2.05) is 6.92 Å². The molecule has 2 N–H and O–H groups in total. The summed E-state index contributed by atoms with van der Waals surface area (Å²) in [7, 11) is -3.94. The van der Waals surface area contributed by atoms with Gasteiger partial charge in [-0.2, -0.15) is 4.31 Å². The van der Waals surface area contributed by atoms with Gasteiger partial charge in [-0.05, 0) is 32.4 Å². The lowest BCUT2D eigenvalue weighted by Crippen LogP contribution is -2.38. The molecule has 1 aromatic carbocycles. The van der Waals surface area contributed by atoms with Crippen LogP contribution in [0.5, 0.6) is 0 Å². The summed E-state index contributed by atoms with van der Waals surface area (Å²) < 4.78 is 40.1. The van der Waals surface area contributed by atoms with Gasteiger partial charge in [0.1, 0.15) is 4.90 Å². The molecule has 0 heterocycles. The smallest absolute Gasteiger partial charge is 0.246 e. The van der Waals surface area contributed by atoms with Crippen molar-refractivity contribution < 1.29 is 12.8 Å². The van der Waals surface area contributed by atoms with Crippen LogP contribution < -0.4 is 5.73 Å². The maximum Gasteiger partial charge on any atom is 0.246 e. The molecule has 0 aliphatic rings. The maximum absolute atomic E-state index is 13.9. The van der Waals surface area contributed by atoms with Crippen LogP contribution in [0.25, 0.3) is 0 Å². The van der Waals surface area contributed by atoms with E-state index in [0.29, 0.717) is 13.0 Å². The number of hydrogen-bond donors (Lipinski definition) is 1. The second-order valence-corrected chi connectivity index (χ2v) is 6.79. The Kier molecular flexibility index (Phi) is 5.18. The van der Waals surface area contributed by atoms with Gasteiger partial charge in [0.25, 0.3) is 0 Å². The van der Waals surface area contributed by atoms with Crippen molar-refractivity contribution in [2.45, 2.75) is 38.1 Å². The molecule has 0 amide bonds. The third kappa shape index (κ3) is 3.38. The number of benzene rings is 1. The zero-order valence-electron chi connectivity index (χ0n) is 11.2. The number of hydrogen-bond acceptors (Lipinski definition) is 3. The summed E-state index contributed by atoms with van der Waals surface area (Å²) in [6, 6.07) is 2.02. The Bertz CT molecular complexity index is 561. The summed E-state index contributed by atoms with van der Waals surface area (Å²) in [6.45, 7) is 5.64. The predicted octanol–water partition coefficient (Wildman–Crippen LogP) is 2.87. The fourth-order valence-corrected chi connectivity index (χ4v) is 3.91. The summed E-state index contributed by atoms with van der Waals surface area (Å²) >= 11 is 5.65. The standard InChI is InChI=1S/C12H18ClFN2O2S/c1-4-5-16(8(2)3)19(17,18)11-7-9(15)6-10(13)12(11)14/h6-8H,4-5,15H2,1-3H3. The summed E-state index contributed by atoms with van der Waals surface area (Å²) in [5.41, 5.74) is 5.66. The van der Waals surface area contributed by atoms with E-state index in [2.05, 4.69) is 0 Å². The molecular weight excluding hydrogens is 291 g/mol. The van der Waals surface area contributed by atoms with Gasteiger partial charge in [0.15, 0.2) is 5.82 Å². The first-order chi connectivity index (χ1) is 8.71. The third-order valence-corrected chi connectivity index (χ3v) is 4.97. The van der Waals surface area contributed by atoms with Crippen molar-refractivity contribution in [2.24, 2.45) is 0 Å². The SMILES string of the molecule is CCCN(C(C)C)S(=O)(=O)c1cc(N)cc(Cl)c1F. The molecule has 0 spiro atoms. The maximum atomic E-state index is 13.9. The molecule has 7 heteroatoms. The first-order valence-corrected chi connectivity index (χ1v) is 7.80. The average molecular weight is 309 g/mol. The minimum atomic E-state index is -3.94. The Morgan fingerprint density at radius 3 is 2.47 bits per heavy atom. The van der Waals surface area contributed by atoms with Gasteiger partial charge < -0.3 is 5.73 Å². The second-order valence-electron chi connectivity index (χ2n) is 4.52. The van der Waals surface area contributed by atoms with Crippen molar-refractivity contribution in [2.75, 3.05) is 12.3 Å². The van der Waals surface area contributed by atoms with Crippen molar-refractivity contribution in [1.29, 1.82) is 0 Å². The molecule has 0 saturated carbocycles. The van der Waals surface area contributed by atoms with Gasteiger partial charge >= 0.3 is 0 Å². The summed E-state index contributed by atoms with van der Waals surface area (Å²) in [6.07, 6.45) is 0.634. The fraction of sp³-hybridized carbons (Fsp3) is 0.500. The van der Waals surface area contributed by atoms with Gasteiger partial charge in [0, 0.05) is 18.3 Å². The number of rotatable bonds is 5. The zero-order chi connectivity index (χ0) is 14.8. The molecule has 0 atom stereocenters. The zero-order valence-corrected chi connectivity index (χ0v) is 12.7. The van der Waals surface area contributed by atoms with Crippen LogP contribution in [-0.4, -0.2) is 25.3 Å². The Hall–Kier alpha value is -0.850. The lowest BCUT2D eigenvalue weighted by atomic mass is 10.3. The molecule has 0 fully saturated rings. The molecule has 0 unspecified atom stereocenters. The third-order valence-electron chi connectivity index (χ3n) is 2.62. The van der Waals surface area contributed by atoms with Crippen molar-refractivity contribution in [1.82, 2.24) is 4.31 Å². The first kappa shape index (κ1) is 16.2. The van der Waals surface area contributed by atoms with E-state index in [-0.39, 0.29) is 16.8 Å². The van der Waals surface area contributed by atoms with Gasteiger partial charge in [-0.1, -0.05) is 18.5 Å². The van der Waals surface area contributed by atoms with Crippen LogP contribution in [-0.2, 0) is 10.0 Å². The van der Waals surface area contributed by atoms with Crippen molar-refractivity contribution in [3.8, 4) is 0 Å². The van der Waals surface area contributed by atoms with E-state index in [1.54, 1.807) is 13.8 Å². The minimum absolute atomic E-state index is 0.116. The van der Waals surface area contributed by atoms with Gasteiger partial charge in [-0.15, -0.1) is 0 Å². The lowest BCUT2D eigenvalue weighted by molar-refractivity contribution is 0.352. The normalized spacial score (nSPS) is 12.4. The van der Waals surface area contributed by atoms with Crippen LogP contribution in [0.3, 0.4) is 0 Å². The number of nitrogens with zero attached hydrogens (tertiary/aromatic N) is 1. The van der Waals surface area contributed by atoms with E-state index in [4.69, 9.17) is 17.3 Å². The van der Waals surface area contributed by atoms with Crippen LogP contribution in [0.15, 0.2) is 17.0 Å². The highest BCUT2D eigenvalue weighted by atomic mass is 35.5. The van der Waals surface area contributed by atoms with Crippen LogP contribution >= 0.6 is 11.6 Å². The van der Waals surface area contributed by atoms with Crippen molar-refractivity contribution in [3.63, 3.8) is 0 Å². The summed E-state index contributed by atoms with van der Waals surface area (Å²) in [4.78, 5) is -0.473. The Morgan fingerprint density at radius 1 is 1.42 bits per heavy atom. The van der Waals surface area contributed by atoms with Crippen LogP contribution in [0, 0.1) is 5.82 Å². The molecular formula is C12H18ClFN2O2S. The van der Waals surface area contributed by atoms with Gasteiger partial charge in [0.05, 0.1) is 5.02 Å². The molecule has 1 aromatic rings. The van der Waals surface area contributed by atoms with Crippen molar-refractivity contribution >= 4 is 27.3 Å². The largest absolute Gasteiger partial charge is 0.399 e. The van der Waals surface area contributed by atoms with E-state index in [1.165, 1.54) is 10.4 Å². The molecule has 0 aliphatic carbocycles. The van der Waals surface area contributed by atoms with Crippen LogP contribution in [0.4, 0.5) is 10.1 Å². The number of sulfonamides is 1. The molecule has 108 valence electrons. The van der Waals surface area contributed by atoms with Crippen LogP contribution in [0.1, 0.15) is 27.2 Å². The molecule has 19 heavy (non-hydrogen) atoms. The molecule has 0 saturated heterocycles. The van der Waals surface area contributed by atoms with Crippen LogP contribution in [0.2, 0.25) is 5.02 Å². The van der Waals surface area contributed by atoms with Crippen molar-refractivity contribution in [3.05, 3.63) is 23.0 Å². The molecule has 0 radical (unpaired) electrons. The molecule has 1 rings (SSSR count). The lowest BCUT2D eigenvalue weighted by Gasteiger charge is -2.25. The second kappa shape index (κ2) is 6.07. The van der Waals surface area contributed by atoms with Gasteiger partial charge in [-0.25, -0.2) is 12.8 Å². The number of halogens is 2. The molecule has 0 aliphatic heterocycles. The number of anilines is 1. The van der Waals surface area contributed by atoms with Gasteiger partial charge in [-0.3, -0.25) is 0 Å². The Labute approximate surface area is 118 Å².